The molecule has 1 aromatic rings. The Morgan fingerprint density at radius 2 is 1.92 bits per heavy atom. The van der Waals surface area contributed by atoms with Crippen LogP contribution in [-0.2, 0) is 10.3 Å². The van der Waals surface area contributed by atoms with Gasteiger partial charge in [-0.2, -0.15) is 0 Å². The van der Waals surface area contributed by atoms with E-state index in [1.54, 1.807) is 14.0 Å². The Balaban J connectivity index is 0.00000576. The van der Waals surface area contributed by atoms with E-state index in [0.29, 0.717) is 12.5 Å². The number of rotatable bonds is 10. The Hall–Kier alpha value is -0.900. The van der Waals surface area contributed by atoms with Gasteiger partial charge in [0.15, 0.2) is 5.96 Å². The van der Waals surface area contributed by atoms with Crippen molar-refractivity contribution in [1.82, 2.24) is 15.5 Å². The fourth-order valence-electron chi connectivity index (χ4n) is 2.19. The van der Waals surface area contributed by atoms with Gasteiger partial charge < -0.3 is 25.4 Å². The number of aliphatic imine (C=N–C) groups is 1. The lowest BCUT2D eigenvalue weighted by atomic mass is 9.96. The van der Waals surface area contributed by atoms with Crippen molar-refractivity contribution in [2.45, 2.75) is 19.4 Å². The van der Waals surface area contributed by atoms with Crippen LogP contribution in [-0.4, -0.2) is 69.5 Å². The fraction of sp³-hybridized carbons (Fsp3) is 0.611. The molecular formula is C18H33IN4O2. The van der Waals surface area contributed by atoms with Gasteiger partial charge in [-0.05, 0) is 26.5 Å². The van der Waals surface area contributed by atoms with Crippen LogP contribution >= 0.6 is 24.0 Å². The van der Waals surface area contributed by atoms with Crippen LogP contribution in [0.3, 0.4) is 0 Å². The molecule has 0 fully saturated rings. The smallest absolute Gasteiger partial charge is 0.191 e. The highest BCUT2D eigenvalue weighted by Gasteiger charge is 2.22. The number of halogens is 1. The average molecular weight is 464 g/mol. The number of hydrogen-bond donors (Lipinski definition) is 3. The van der Waals surface area contributed by atoms with E-state index in [2.05, 4.69) is 27.6 Å². The van der Waals surface area contributed by atoms with E-state index < -0.39 is 5.60 Å². The van der Waals surface area contributed by atoms with Gasteiger partial charge in [-0.1, -0.05) is 30.3 Å². The summed E-state index contributed by atoms with van der Waals surface area (Å²) in [6, 6.07) is 9.62. The molecule has 0 saturated carbocycles. The van der Waals surface area contributed by atoms with Crippen molar-refractivity contribution >= 4 is 29.9 Å². The third kappa shape index (κ3) is 9.98. The van der Waals surface area contributed by atoms with Crippen LogP contribution in [0, 0.1) is 0 Å². The molecule has 1 atom stereocenters. The number of ether oxygens (including phenoxy) is 1. The van der Waals surface area contributed by atoms with E-state index in [-0.39, 0.29) is 24.0 Å². The zero-order valence-corrected chi connectivity index (χ0v) is 18.1. The van der Waals surface area contributed by atoms with Crippen molar-refractivity contribution in [3.8, 4) is 0 Å². The Labute approximate surface area is 169 Å². The first-order valence-electron chi connectivity index (χ1n) is 8.47. The lowest BCUT2D eigenvalue weighted by Gasteiger charge is -2.23. The second kappa shape index (κ2) is 13.3. The number of nitrogens with zero attached hydrogens (tertiary/aromatic N) is 2. The van der Waals surface area contributed by atoms with Crippen LogP contribution in [0.4, 0.5) is 0 Å². The molecule has 0 heterocycles. The summed E-state index contributed by atoms with van der Waals surface area (Å²) in [7, 11) is 3.77. The van der Waals surface area contributed by atoms with E-state index in [9.17, 15) is 5.11 Å². The molecular weight excluding hydrogens is 431 g/mol. The van der Waals surface area contributed by atoms with Crippen LogP contribution in [0.15, 0.2) is 35.3 Å². The Morgan fingerprint density at radius 3 is 2.52 bits per heavy atom. The first-order chi connectivity index (χ1) is 11.5. The van der Waals surface area contributed by atoms with E-state index in [0.717, 1.165) is 38.3 Å². The number of guanidine groups is 1. The van der Waals surface area contributed by atoms with Gasteiger partial charge in [-0.15, -0.1) is 24.0 Å². The number of hydrogen-bond acceptors (Lipinski definition) is 4. The molecule has 1 rings (SSSR count). The Morgan fingerprint density at radius 1 is 1.24 bits per heavy atom. The second-order valence-corrected chi connectivity index (χ2v) is 6.06. The summed E-state index contributed by atoms with van der Waals surface area (Å²) in [5.74, 6) is 0.717. The predicted molar refractivity (Wildman–Crippen MR) is 115 cm³/mol. The van der Waals surface area contributed by atoms with Gasteiger partial charge in [0.2, 0.25) is 0 Å². The van der Waals surface area contributed by atoms with E-state index in [1.807, 2.05) is 37.3 Å². The maximum atomic E-state index is 10.6. The largest absolute Gasteiger partial charge is 0.384 e. The molecule has 1 unspecified atom stereocenters. The van der Waals surface area contributed by atoms with Crippen molar-refractivity contribution in [2.24, 2.45) is 4.99 Å². The first-order valence-corrected chi connectivity index (χ1v) is 8.47. The molecule has 144 valence electrons. The van der Waals surface area contributed by atoms with E-state index in [4.69, 9.17) is 4.74 Å². The Kier molecular flexibility index (Phi) is 12.8. The maximum Gasteiger partial charge on any atom is 0.191 e. The first kappa shape index (κ1) is 24.1. The predicted octanol–water partition coefficient (Wildman–Crippen LogP) is 1.65. The molecule has 0 bridgehead atoms. The second-order valence-electron chi connectivity index (χ2n) is 6.06. The van der Waals surface area contributed by atoms with Gasteiger partial charge in [-0.3, -0.25) is 0 Å². The summed E-state index contributed by atoms with van der Waals surface area (Å²) in [5.41, 5.74) is -0.123. The number of methoxy groups -OCH3 is 1. The molecule has 0 spiro atoms. The molecule has 3 N–H and O–H groups in total. The van der Waals surface area contributed by atoms with E-state index >= 15 is 0 Å². The topological polar surface area (TPSA) is 69.1 Å². The van der Waals surface area contributed by atoms with Crippen LogP contribution in [0.1, 0.15) is 19.4 Å². The van der Waals surface area contributed by atoms with Crippen molar-refractivity contribution in [2.75, 3.05) is 53.5 Å². The number of likely N-dealkylation sites (N-methyl/N-ethyl adjacent to an activating group) is 1. The summed E-state index contributed by atoms with van der Waals surface area (Å²) in [4.78, 5) is 6.72. The summed E-state index contributed by atoms with van der Waals surface area (Å²) in [6.45, 7) is 8.18. The lowest BCUT2D eigenvalue weighted by molar-refractivity contribution is 0.0672. The highest BCUT2D eigenvalue weighted by Crippen LogP contribution is 2.20. The van der Waals surface area contributed by atoms with Gasteiger partial charge in [0, 0.05) is 33.3 Å². The molecule has 7 heteroatoms. The molecule has 0 saturated heterocycles. The number of nitrogens with one attached hydrogen (secondary N) is 2. The van der Waals surface area contributed by atoms with Crippen LogP contribution in [0.25, 0.3) is 0 Å². The zero-order valence-electron chi connectivity index (χ0n) is 15.8. The van der Waals surface area contributed by atoms with Gasteiger partial charge >= 0.3 is 0 Å². The minimum Gasteiger partial charge on any atom is -0.384 e. The third-order valence-corrected chi connectivity index (χ3v) is 3.75. The minimum atomic E-state index is -0.987. The van der Waals surface area contributed by atoms with E-state index in [1.165, 1.54) is 0 Å². The molecule has 0 radical (unpaired) electrons. The van der Waals surface area contributed by atoms with Gasteiger partial charge in [-0.25, -0.2) is 4.99 Å². The molecule has 0 amide bonds. The van der Waals surface area contributed by atoms with Crippen molar-refractivity contribution in [1.29, 1.82) is 0 Å². The highest BCUT2D eigenvalue weighted by molar-refractivity contribution is 14.0. The standard InChI is InChI=1S/C18H32N4O2.HI/c1-5-19-17(20-11-12-22(3)13-14-24-4)21-15-18(2,23)16-9-7-6-8-10-16;/h6-10,23H,5,11-15H2,1-4H3,(H2,19,20,21);1H. The lowest BCUT2D eigenvalue weighted by Crippen LogP contribution is -2.42. The molecule has 0 aliphatic rings. The van der Waals surface area contributed by atoms with Crippen molar-refractivity contribution < 1.29 is 9.84 Å². The van der Waals surface area contributed by atoms with Gasteiger partial charge in [0.1, 0.15) is 5.60 Å². The van der Waals surface area contributed by atoms with Gasteiger partial charge in [0.25, 0.3) is 0 Å². The summed E-state index contributed by atoms with van der Waals surface area (Å²) < 4.78 is 5.07. The average Bonchev–Trinajstić information content (AvgIpc) is 2.58. The molecule has 1 aromatic carbocycles. The fourth-order valence-corrected chi connectivity index (χ4v) is 2.19. The minimum absolute atomic E-state index is 0. The van der Waals surface area contributed by atoms with Crippen LogP contribution in [0.5, 0.6) is 0 Å². The Bertz CT molecular complexity index is 483. The van der Waals surface area contributed by atoms with Crippen molar-refractivity contribution in [3.63, 3.8) is 0 Å². The van der Waals surface area contributed by atoms with Crippen LogP contribution < -0.4 is 10.6 Å². The van der Waals surface area contributed by atoms with Crippen LogP contribution in [0.2, 0.25) is 0 Å². The third-order valence-electron chi connectivity index (χ3n) is 3.75. The SMILES string of the molecule is CCNC(=NCC(C)(O)c1ccccc1)NCCN(C)CCOC.I. The molecule has 0 aromatic heterocycles. The quantitative estimate of drug-likeness (QED) is 0.279. The molecule has 6 nitrogen and oxygen atoms in total. The number of benzene rings is 1. The summed E-state index contributed by atoms with van der Waals surface area (Å²) in [6.07, 6.45) is 0. The maximum absolute atomic E-state index is 10.6. The normalized spacial score (nSPS) is 13.9. The number of aliphatic hydroxyl groups is 1. The zero-order chi connectivity index (χ0) is 17.8. The monoisotopic (exact) mass is 464 g/mol. The summed E-state index contributed by atoms with van der Waals surface area (Å²) >= 11 is 0. The molecule has 0 aliphatic heterocycles. The molecule has 0 aliphatic carbocycles. The van der Waals surface area contributed by atoms with Gasteiger partial charge in [0.05, 0.1) is 13.2 Å². The highest BCUT2D eigenvalue weighted by atomic mass is 127. The molecule has 25 heavy (non-hydrogen) atoms. The van der Waals surface area contributed by atoms with Crippen molar-refractivity contribution in [3.05, 3.63) is 35.9 Å². The summed E-state index contributed by atoms with van der Waals surface area (Å²) in [5, 5.41) is 17.1.